The zero-order valence-corrected chi connectivity index (χ0v) is 21.1. The van der Waals surface area contributed by atoms with Gasteiger partial charge in [0.2, 0.25) is 5.71 Å². The van der Waals surface area contributed by atoms with Crippen molar-refractivity contribution in [3.8, 4) is 17.1 Å². The van der Waals surface area contributed by atoms with Gasteiger partial charge in [0.15, 0.2) is 17.2 Å². The second kappa shape index (κ2) is 11.9. The van der Waals surface area contributed by atoms with Gasteiger partial charge in [-0.3, -0.25) is 0 Å². The number of benzene rings is 1. The number of carbonyl (C=O) groups is 1. The molecule has 0 bridgehead atoms. The Morgan fingerprint density at radius 1 is 1.03 bits per heavy atom. The number of furan rings is 1. The van der Waals surface area contributed by atoms with Gasteiger partial charge in [-0.15, -0.1) is 0 Å². The lowest BCUT2D eigenvalue weighted by Gasteiger charge is -2.09. The van der Waals surface area contributed by atoms with Crippen LogP contribution in [0.4, 0.5) is 10.6 Å². The first-order valence-electron chi connectivity index (χ1n) is 11.4. The van der Waals surface area contributed by atoms with Gasteiger partial charge in [-0.1, -0.05) is 29.0 Å². The molecular weight excluding hydrogens is 512 g/mol. The van der Waals surface area contributed by atoms with Crippen molar-refractivity contribution in [2.45, 2.75) is 5.03 Å². The van der Waals surface area contributed by atoms with E-state index < -0.39 is 6.09 Å². The predicted molar refractivity (Wildman–Crippen MR) is 145 cm³/mol. The van der Waals surface area contributed by atoms with Crippen LogP contribution in [0.25, 0.3) is 33.6 Å². The molecule has 0 aliphatic carbocycles. The maximum absolute atomic E-state index is 12.3. The number of carbonyl (C=O) groups excluding carboxylic acids is 1. The van der Waals surface area contributed by atoms with E-state index in [0.29, 0.717) is 52.1 Å². The van der Waals surface area contributed by atoms with Gasteiger partial charge in [0, 0.05) is 36.8 Å². The number of hydrogen-bond donors (Lipinski definition) is 3. The van der Waals surface area contributed by atoms with E-state index in [2.05, 4.69) is 25.6 Å². The van der Waals surface area contributed by atoms with Gasteiger partial charge in [-0.05, 0) is 47.2 Å². The lowest BCUT2D eigenvalue weighted by atomic mass is 10.2. The van der Waals surface area contributed by atoms with E-state index in [4.69, 9.17) is 14.1 Å². The monoisotopic (exact) mass is 534 g/mol. The SMILES string of the molecule is O=C(NCCSSc1ccccn1)Oc1cccc(-c2nc(NCCO)c3oc4ncccc4c3n2)c1. The molecule has 0 aliphatic rings. The van der Waals surface area contributed by atoms with Gasteiger partial charge in [0.05, 0.1) is 12.0 Å². The smallest absolute Gasteiger partial charge is 0.412 e. The minimum Gasteiger partial charge on any atom is -0.432 e. The second-order valence-corrected chi connectivity index (χ2v) is 10.0. The standard InChI is InChI=1S/C25H22N6O4S2/c32-13-11-27-23-21-20(18-7-4-10-28-24(18)35-21)30-22(31-23)16-5-3-6-17(15-16)34-25(33)29-12-14-36-37-19-8-1-2-9-26-19/h1-10,15,32H,11-14H2,(H,29,33)(H,27,30,31). The van der Waals surface area contributed by atoms with Crippen LogP contribution in [0.5, 0.6) is 5.75 Å². The molecule has 1 aromatic carbocycles. The molecule has 4 aromatic heterocycles. The molecule has 37 heavy (non-hydrogen) atoms. The Bertz CT molecular complexity index is 1520. The largest absolute Gasteiger partial charge is 0.432 e. The van der Waals surface area contributed by atoms with E-state index >= 15 is 0 Å². The van der Waals surface area contributed by atoms with E-state index in [-0.39, 0.29) is 13.2 Å². The van der Waals surface area contributed by atoms with E-state index in [9.17, 15) is 9.90 Å². The Kier molecular flexibility index (Phi) is 7.99. The summed E-state index contributed by atoms with van der Waals surface area (Å²) in [6.45, 7) is 0.667. The molecule has 5 rings (SSSR count). The molecule has 10 nitrogen and oxygen atoms in total. The molecule has 12 heteroatoms. The number of nitrogens with one attached hydrogen (secondary N) is 2. The summed E-state index contributed by atoms with van der Waals surface area (Å²) < 4.78 is 11.3. The highest BCUT2D eigenvalue weighted by atomic mass is 33.1. The highest BCUT2D eigenvalue weighted by molar-refractivity contribution is 8.76. The summed E-state index contributed by atoms with van der Waals surface area (Å²) in [7, 11) is 3.15. The molecule has 0 fully saturated rings. The number of rotatable bonds is 10. The second-order valence-electron chi connectivity index (χ2n) is 7.60. The van der Waals surface area contributed by atoms with Crippen LogP contribution in [0.15, 0.2) is 76.4 Å². The number of aliphatic hydroxyl groups is 1. The number of aromatic nitrogens is 4. The Balaban J connectivity index is 1.28. The topological polar surface area (TPSA) is 135 Å². The van der Waals surface area contributed by atoms with Crippen molar-refractivity contribution in [2.24, 2.45) is 0 Å². The summed E-state index contributed by atoms with van der Waals surface area (Å²) in [5.74, 6) is 1.91. The molecule has 0 saturated carbocycles. The molecule has 1 amide bonds. The summed E-state index contributed by atoms with van der Waals surface area (Å²) in [5.41, 5.74) is 2.15. The van der Waals surface area contributed by atoms with Gasteiger partial charge in [-0.25, -0.2) is 24.7 Å². The van der Waals surface area contributed by atoms with E-state index in [0.717, 1.165) is 10.4 Å². The third-order valence-corrected chi connectivity index (χ3v) is 7.30. The van der Waals surface area contributed by atoms with Crippen LogP contribution in [0, 0.1) is 0 Å². The Hall–Kier alpha value is -3.87. The molecule has 188 valence electrons. The number of fused-ring (bicyclic) bond motifs is 3. The van der Waals surface area contributed by atoms with Gasteiger partial charge in [0.25, 0.3) is 0 Å². The number of ether oxygens (including phenoxy) is 1. The van der Waals surface area contributed by atoms with E-state index in [1.807, 2.05) is 36.4 Å². The number of nitrogens with zero attached hydrogens (tertiary/aromatic N) is 4. The first kappa shape index (κ1) is 24.8. The fourth-order valence-electron chi connectivity index (χ4n) is 3.44. The maximum Gasteiger partial charge on any atom is 0.412 e. The minimum absolute atomic E-state index is 0.0713. The average Bonchev–Trinajstić information content (AvgIpc) is 3.31. The van der Waals surface area contributed by atoms with Crippen LogP contribution in [0.3, 0.4) is 0 Å². The van der Waals surface area contributed by atoms with Crippen molar-refractivity contribution in [2.75, 3.05) is 30.8 Å². The number of aliphatic hydroxyl groups excluding tert-OH is 1. The molecule has 0 radical (unpaired) electrons. The van der Waals surface area contributed by atoms with Crippen LogP contribution < -0.4 is 15.4 Å². The maximum atomic E-state index is 12.3. The number of pyridine rings is 2. The highest BCUT2D eigenvalue weighted by Crippen LogP contribution is 2.33. The van der Waals surface area contributed by atoms with E-state index in [1.165, 1.54) is 0 Å². The Labute approximate surface area is 219 Å². The van der Waals surface area contributed by atoms with Crippen molar-refractivity contribution in [3.05, 3.63) is 67.0 Å². The lowest BCUT2D eigenvalue weighted by Crippen LogP contribution is -2.28. The molecule has 0 aliphatic heterocycles. The molecule has 0 atom stereocenters. The van der Waals surface area contributed by atoms with Crippen LogP contribution in [0.2, 0.25) is 0 Å². The van der Waals surface area contributed by atoms with Crippen LogP contribution >= 0.6 is 21.6 Å². The Morgan fingerprint density at radius 3 is 2.81 bits per heavy atom. The quantitative estimate of drug-likeness (QED) is 0.169. The number of anilines is 1. The molecule has 5 aromatic rings. The molecule has 3 N–H and O–H groups in total. The van der Waals surface area contributed by atoms with Crippen molar-refractivity contribution in [1.29, 1.82) is 0 Å². The summed E-state index contributed by atoms with van der Waals surface area (Å²) in [6.07, 6.45) is 2.84. The summed E-state index contributed by atoms with van der Waals surface area (Å²) in [6, 6.07) is 16.4. The van der Waals surface area contributed by atoms with Crippen LogP contribution in [-0.2, 0) is 0 Å². The highest BCUT2D eigenvalue weighted by Gasteiger charge is 2.17. The van der Waals surface area contributed by atoms with Crippen molar-refractivity contribution in [3.63, 3.8) is 0 Å². The van der Waals surface area contributed by atoms with Gasteiger partial charge in [0.1, 0.15) is 16.3 Å². The number of amides is 1. The summed E-state index contributed by atoms with van der Waals surface area (Å²) in [5, 5.41) is 16.8. The Morgan fingerprint density at radius 2 is 1.95 bits per heavy atom. The fraction of sp³-hybridized carbons (Fsp3) is 0.160. The molecule has 4 heterocycles. The molecule has 0 saturated heterocycles. The number of hydrogen-bond acceptors (Lipinski definition) is 11. The van der Waals surface area contributed by atoms with Crippen LogP contribution in [0.1, 0.15) is 0 Å². The zero-order chi connectivity index (χ0) is 25.5. The van der Waals surface area contributed by atoms with Crippen molar-refractivity contribution >= 4 is 55.7 Å². The predicted octanol–water partition coefficient (Wildman–Crippen LogP) is 4.77. The van der Waals surface area contributed by atoms with E-state index in [1.54, 1.807) is 52.2 Å². The lowest BCUT2D eigenvalue weighted by molar-refractivity contribution is 0.201. The summed E-state index contributed by atoms with van der Waals surface area (Å²) >= 11 is 0. The summed E-state index contributed by atoms with van der Waals surface area (Å²) in [4.78, 5) is 30.1. The minimum atomic E-state index is -0.547. The molecular formula is C25H22N6O4S2. The third kappa shape index (κ3) is 6.10. The molecule has 0 unspecified atom stereocenters. The van der Waals surface area contributed by atoms with Gasteiger partial charge >= 0.3 is 6.09 Å². The first-order chi connectivity index (χ1) is 18.2. The molecule has 0 spiro atoms. The van der Waals surface area contributed by atoms with Crippen molar-refractivity contribution < 1.29 is 19.1 Å². The van der Waals surface area contributed by atoms with Crippen LogP contribution in [-0.4, -0.2) is 56.6 Å². The van der Waals surface area contributed by atoms with Gasteiger partial charge in [-0.2, -0.15) is 0 Å². The van der Waals surface area contributed by atoms with Crippen molar-refractivity contribution in [1.82, 2.24) is 25.3 Å². The average molecular weight is 535 g/mol. The first-order valence-corrected chi connectivity index (χ1v) is 13.7. The zero-order valence-electron chi connectivity index (χ0n) is 19.5. The third-order valence-electron chi connectivity index (χ3n) is 5.03. The normalized spacial score (nSPS) is 11.1. The van der Waals surface area contributed by atoms with Gasteiger partial charge < -0.3 is 24.9 Å². The fourth-order valence-corrected chi connectivity index (χ4v) is 5.22.